The molecule has 0 aliphatic heterocycles. The Hall–Kier alpha value is -8.82. The number of carboxylic acid groups (broad SMARTS) is 1. The fraction of sp³-hybridized carbons (Fsp3) is 0.244. The summed E-state index contributed by atoms with van der Waals surface area (Å²) in [5.74, 6) is -0.588. The quantitative estimate of drug-likeness (QED) is 0.0557. The first kappa shape index (κ1) is 58.2. The van der Waals surface area contributed by atoms with E-state index in [1.54, 1.807) is 44.6 Å². The normalized spacial score (nSPS) is 9.63. The van der Waals surface area contributed by atoms with Crippen molar-refractivity contribution < 1.29 is 70.8 Å². The second kappa shape index (κ2) is 25.5. The van der Waals surface area contributed by atoms with Gasteiger partial charge in [0.05, 0.1) is 86.2 Å². The summed E-state index contributed by atoms with van der Waals surface area (Å²) in [6.45, 7) is 1.85. The van der Waals surface area contributed by atoms with Crippen molar-refractivity contribution in [2.45, 2.75) is 44.1 Å². The number of nitro benzene ring substituents is 3. The second-order valence-electron chi connectivity index (χ2n) is 12.2. The Morgan fingerprint density at radius 1 is 0.552 bits per heavy atom. The number of aromatic carboxylic acids is 1. The van der Waals surface area contributed by atoms with Crippen molar-refractivity contribution >= 4 is 78.6 Å². The first-order chi connectivity index (χ1) is 29.6. The van der Waals surface area contributed by atoms with E-state index in [9.17, 15) is 39.9 Å². The maximum atomic E-state index is 11.5. The number of hydrogen-bond acceptors (Lipinski definition) is 18. The number of nitro groups is 3. The van der Waals surface area contributed by atoms with Crippen LogP contribution in [-0.2, 0) is 4.74 Å². The zero-order valence-electron chi connectivity index (χ0n) is 33.1. The first-order valence-electron chi connectivity index (χ1n) is 17.5. The van der Waals surface area contributed by atoms with Gasteiger partial charge in [-0.3, -0.25) is 30.3 Å². The van der Waals surface area contributed by atoms with Crippen molar-refractivity contribution in [2.24, 2.45) is 0 Å². The number of benzene rings is 4. The molecule has 4 aromatic heterocycles. The lowest BCUT2D eigenvalue weighted by molar-refractivity contribution is -0.383. The van der Waals surface area contributed by atoms with Crippen LogP contribution in [0.1, 0.15) is 65.2 Å². The van der Waals surface area contributed by atoms with E-state index in [1.807, 2.05) is 12.1 Å². The summed E-state index contributed by atoms with van der Waals surface area (Å²) in [6, 6.07) is 18.2. The average Bonchev–Trinajstić information content (AvgIpc) is 4.09. The predicted octanol–water partition coefficient (Wildman–Crippen LogP) is 12.1. The van der Waals surface area contributed by atoms with Gasteiger partial charge in [0.25, 0.3) is 0 Å². The summed E-state index contributed by atoms with van der Waals surface area (Å²) in [6.07, 6.45) is 3.03. The van der Waals surface area contributed by atoms with Crippen molar-refractivity contribution in [1.82, 2.24) is 0 Å². The molecule has 0 saturated carbocycles. The van der Waals surface area contributed by atoms with E-state index in [0.29, 0.717) is 33.3 Å². The first-order valence-corrected chi connectivity index (χ1v) is 17.5. The number of rotatable bonds is 10. The molecule has 0 unspecified atom stereocenters. The Morgan fingerprint density at radius 2 is 0.910 bits per heavy atom. The maximum Gasteiger partial charge on any atom is 0.374 e. The summed E-state index contributed by atoms with van der Waals surface area (Å²) in [4.78, 5) is 52.9. The number of fused-ring (bicyclic) bond motifs is 4. The molecule has 0 fully saturated rings. The van der Waals surface area contributed by atoms with Gasteiger partial charge in [-0.2, -0.15) is 0 Å². The lowest BCUT2D eigenvalue weighted by atomic mass is 10.2. The number of methoxy groups -OCH3 is 4. The van der Waals surface area contributed by atoms with Crippen LogP contribution in [0, 0.1) is 30.3 Å². The highest BCUT2D eigenvalue weighted by molar-refractivity contribution is 5.97. The highest BCUT2D eigenvalue weighted by Gasteiger charge is 2.23. The molecular formula is C45H54N4O18. The molecule has 4 heterocycles. The third-order valence-electron chi connectivity index (χ3n) is 8.42. The number of carbonyl (C=O) groups is 2. The van der Waals surface area contributed by atoms with E-state index >= 15 is 0 Å². The number of nitrogens with zero attached hydrogens (tertiary/aromatic N) is 3. The molecule has 22 heteroatoms. The fourth-order valence-corrected chi connectivity index (χ4v) is 5.62. The van der Waals surface area contributed by atoms with Crippen LogP contribution in [0.2, 0.25) is 0 Å². The maximum absolute atomic E-state index is 11.5. The number of nitrogens with two attached hydrogens (primary N) is 1. The van der Waals surface area contributed by atoms with Crippen molar-refractivity contribution in [3.05, 3.63) is 127 Å². The van der Waals surface area contributed by atoms with Crippen molar-refractivity contribution in [3.8, 4) is 23.0 Å². The Morgan fingerprint density at radius 3 is 1.31 bits per heavy atom. The number of ether oxygens (including phenoxy) is 5. The van der Waals surface area contributed by atoms with Crippen molar-refractivity contribution in [1.29, 1.82) is 0 Å². The minimum atomic E-state index is -1.28. The fourth-order valence-electron chi connectivity index (χ4n) is 5.62. The molecule has 4 aromatic carbocycles. The van der Waals surface area contributed by atoms with Gasteiger partial charge in [-0.15, -0.1) is 0 Å². The second-order valence-corrected chi connectivity index (χ2v) is 12.2. The van der Waals surface area contributed by atoms with Gasteiger partial charge in [-0.25, -0.2) is 9.59 Å². The molecule has 0 bridgehead atoms. The highest BCUT2D eigenvalue weighted by atomic mass is 16.6. The Kier molecular flexibility index (Phi) is 22.1. The van der Waals surface area contributed by atoms with Gasteiger partial charge in [0, 0.05) is 27.6 Å². The molecule has 0 radical (unpaired) electrons. The predicted molar refractivity (Wildman–Crippen MR) is 252 cm³/mol. The van der Waals surface area contributed by atoms with E-state index in [0.717, 1.165) is 16.7 Å². The molecule has 0 spiro atoms. The van der Waals surface area contributed by atoms with Gasteiger partial charge in [-0.05, 0) is 55.5 Å². The lowest BCUT2D eigenvalue weighted by Crippen LogP contribution is -2.02. The number of esters is 1. The lowest BCUT2D eigenvalue weighted by Gasteiger charge is -2.00. The number of non-ortho nitro benzene ring substituents is 3. The number of furan rings is 4. The van der Waals surface area contributed by atoms with Gasteiger partial charge < -0.3 is 52.2 Å². The molecule has 3 N–H and O–H groups in total. The van der Waals surface area contributed by atoms with Crippen LogP contribution in [0.25, 0.3) is 43.9 Å². The largest absolute Gasteiger partial charge is 0.497 e. The van der Waals surface area contributed by atoms with Gasteiger partial charge in [0.1, 0.15) is 23.0 Å². The molecule has 0 amide bonds. The average molecular weight is 939 g/mol. The van der Waals surface area contributed by atoms with Gasteiger partial charge in [-0.1, -0.05) is 37.1 Å². The topological polar surface area (TPSA) is 309 Å². The smallest absolute Gasteiger partial charge is 0.374 e. The van der Waals surface area contributed by atoms with Crippen LogP contribution in [-0.4, -0.2) is 66.9 Å². The number of hydrogen-bond donors (Lipinski definition) is 2. The van der Waals surface area contributed by atoms with E-state index in [-0.39, 0.29) is 94.8 Å². The molecule has 8 rings (SSSR count). The van der Waals surface area contributed by atoms with Crippen LogP contribution in [0.5, 0.6) is 23.0 Å². The Balaban J connectivity index is 0.000000855. The van der Waals surface area contributed by atoms with Crippen molar-refractivity contribution in [3.63, 3.8) is 0 Å². The molecule has 0 atom stereocenters. The van der Waals surface area contributed by atoms with Crippen LogP contribution < -0.4 is 24.7 Å². The summed E-state index contributed by atoms with van der Waals surface area (Å²) >= 11 is 0. The molecule has 0 saturated heterocycles. The Labute approximate surface area is 383 Å². The number of anilines is 1. The molecule has 67 heavy (non-hydrogen) atoms. The molecular weight excluding hydrogens is 885 g/mol. The zero-order valence-corrected chi connectivity index (χ0v) is 33.1. The van der Waals surface area contributed by atoms with Crippen LogP contribution >= 0.6 is 0 Å². The molecule has 22 nitrogen and oxygen atoms in total. The summed E-state index contributed by atoms with van der Waals surface area (Å²) < 4.78 is 44.9. The molecule has 8 aromatic rings. The van der Waals surface area contributed by atoms with E-state index < -0.39 is 26.7 Å². The molecule has 0 aliphatic carbocycles. The van der Waals surface area contributed by atoms with Crippen LogP contribution in [0.3, 0.4) is 0 Å². The third kappa shape index (κ3) is 13.4. The van der Waals surface area contributed by atoms with E-state index in [2.05, 4.69) is 0 Å². The van der Waals surface area contributed by atoms with Gasteiger partial charge >= 0.3 is 29.0 Å². The van der Waals surface area contributed by atoms with Gasteiger partial charge in [0.2, 0.25) is 28.3 Å². The SMILES string of the molecule is C.C.C.C.C.CCOC(=O)c1cc2cc(OC)cc([N+](=O)[O-])c2o1.COc1cc(N)c2occc2c1.COc1cc([N+](=O)[O-])c2oc(C(=O)O)cc2c1.COc1cc([N+](=O)[O-])c2occc2c1. The third-order valence-corrected chi connectivity index (χ3v) is 8.42. The van der Waals surface area contributed by atoms with Gasteiger partial charge in [0.15, 0.2) is 5.58 Å². The summed E-state index contributed by atoms with van der Waals surface area (Å²) in [5.41, 5.74) is 6.58. The highest BCUT2D eigenvalue weighted by Crippen LogP contribution is 2.35. The van der Waals surface area contributed by atoms with Crippen LogP contribution in [0.15, 0.2) is 103 Å². The molecule has 362 valence electrons. The van der Waals surface area contributed by atoms with E-state index in [4.69, 9.17) is 52.2 Å². The zero-order chi connectivity index (χ0) is 45.2. The van der Waals surface area contributed by atoms with Crippen LogP contribution in [0.4, 0.5) is 22.7 Å². The number of nitrogen functional groups attached to an aromatic ring is 1. The molecule has 0 aliphatic rings. The van der Waals surface area contributed by atoms with E-state index in [1.165, 1.54) is 64.0 Å². The monoisotopic (exact) mass is 938 g/mol. The Bertz CT molecular complexity index is 2940. The number of carbonyl (C=O) groups excluding carboxylic acids is 1. The van der Waals surface area contributed by atoms with Crippen molar-refractivity contribution in [2.75, 3.05) is 40.8 Å². The summed E-state index contributed by atoms with van der Waals surface area (Å²) in [7, 11) is 5.84. The summed E-state index contributed by atoms with van der Waals surface area (Å²) in [5, 5.41) is 43.5. The standard InChI is InChI=1S/C12H11NO6.C10H7NO6.C9H7NO4.C9H9NO2.5CH4/c1-3-18-12(14)10-5-7-4-8(17-2)6-9(13(15)16)11(7)19-10;1-16-6-2-5-3-8(10(12)13)17-9(5)7(4-6)11(14)15;1-13-7-4-6-2-3-14-9(6)8(5-7)10(11)12;1-11-7-4-6-2-3-12-9(6)8(10)5-7;;;;;/h4-6H,3H2,1-2H3;2-4H,1H3,(H,12,13);2-5H,1H3;2-5H,10H2,1H3;5*1H4. The number of carboxylic acids is 1. The minimum Gasteiger partial charge on any atom is -0.497 e. The minimum absolute atomic E-state index is 0.